The highest BCUT2D eigenvalue weighted by atomic mass is 32.1. The van der Waals surface area contributed by atoms with E-state index in [9.17, 15) is 9.18 Å². The zero-order chi connectivity index (χ0) is 17.4. The molecule has 10 heteroatoms. The molecule has 1 aliphatic carbocycles. The summed E-state index contributed by atoms with van der Waals surface area (Å²) in [5, 5.41) is 20.5. The van der Waals surface area contributed by atoms with Gasteiger partial charge in [-0.2, -0.15) is 4.98 Å². The van der Waals surface area contributed by atoms with E-state index in [0.717, 1.165) is 18.9 Å². The Bertz CT molecular complexity index is 937. The van der Waals surface area contributed by atoms with Crippen molar-refractivity contribution in [2.75, 3.05) is 5.32 Å². The number of aromatic nitrogens is 3. The summed E-state index contributed by atoms with van der Waals surface area (Å²) in [7, 11) is 0. The van der Waals surface area contributed by atoms with Crippen LogP contribution in [-0.4, -0.2) is 26.4 Å². The van der Waals surface area contributed by atoms with Gasteiger partial charge < -0.3 is 14.3 Å². The van der Waals surface area contributed by atoms with E-state index >= 15 is 0 Å². The molecule has 128 valence electrons. The van der Waals surface area contributed by atoms with Crippen molar-refractivity contribution < 1.29 is 23.4 Å². The summed E-state index contributed by atoms with van der Waals surface area (Å²) < 4.78 is 24.9. The largest absolute Gasteiger partial charge is 0.465 e. The van der Waals surface area contributed by atoms with Gasteiger partial charge >= 0.3 is 6.09 Å². The number of halogens is 1. The highest BCUT2D eigenvalue weighted by Gasteiger charge is 2.29. The molecule has 1 amide bonds. The number of carbonyl (C=O) groups is 1. The first-order valence-electron chi connectivity index (χ1n) is 7.35. The first-order chi connectivity index (χ1) is 12.1. The van der Waals surface area contributed by atoms with E-state index in [2.05, 4.69) is 15.2 Å². The van der Waals surface area contributed by atoms with Crippen LogP contribution in [0.5, 0.6) is 10.9 Å². The second-order valence-corrected chi connectivity index (χ2v) is 6.21. The SMILES string of the molecule is O=C(O)Nc1ccc(Oc2nc(-c3nnc(C4CC4)o3)cs2)cc1F. The van der Waals surface area contributed by atoms with Gasteiger partial charge in [0.1, 0.15) is 11.4 Å². The molecule has 0 unspecified atom stereocenters. The van der Waals surface area contributed by atoms with Gasteiger partial charge in [-0.15, -0.1) is 10.2 Å². The third kappa shape index (κ3) is 3.43. The van der Waals surface area contributed by atoms with E-state index in [-0.39, 0.29) is 16.6 Å². The summed E-state index contributed by atoms with van der Waals surface area (Å²) in [5.74, 6) is 0.743. The maximum Gasteiger partial charge on any atom is 0.409 e. The molecule has 3 aromatic rings. The molecule has 8 nitrogen and oxygen atoms in total. The average molecular weight is 362 g/mol. The van der Waals surface area contributed by atoms with Crippen molar-refractivity contribution in [2.24, 2.45) is 0 Å². The molecule has 1 fully saturated rings. The van der Waals surface area contributed by atoms with Crippen LogP contribution < -0.4 is 10.1 Å². The molecule has 0 radical (unpaired) electrons. The highest BCUT2D eigenvalue weighted by Crippen LogP contribution is 2.40. The van der Waals surface area contributed by atoms with Crippen molar-refractivity contribution >= 4 is 23.1 Å². The number of amides is 1. The number of benzene rings is 1. The minimum absolute atomic E-state index is 0.154. The van der Waals surface area contributed by atoms with E-state index in [0.29, 0.717) is 23.4 Å². The van der Waals surface area contributed by atoms with Crippen LogP contribution in [-0.2, 0) is 0 Å². The van der Waals surface area contributed by atoms with E-state index in [1.54, 1.807) is 5.38 Å². The minimum atomic E-state index is -1.35. The zero-order valence-electron chi connectivity index (χ0n) is 12.6. The molecule has 2 aromatic heterocycles. The number of hydrogen-bond acceptors (Lipinski definition) is 7. The van der Waals surface area contributed by atoms with E-state index in [1.807, 2.05) is 5.32 Å². The number of nitrogens with one attached hydrogen (secondary N) is 1. The number of thiazole rings is 1. The number of hydrogen-bond donors (Lipinski definition) is 2. The van der Waals surface area contributed by atoms with Gasteiger partial charge in [-0.3, -0.25) is 5.32 Å². The lowest BCUT2D eigenvalue weighted by atomic mass is 10.3. The molecule has 1 aromatic carbocycles. The van der Waals surface area contributed by atoms with Gasteiger partial charge in [0.05, 0.1) is 5.69 Å². The standard InChI is InChI=1S/C15H11FN4O4S/c16-9-5-8(3-4-10(9)17-14(21)22)23-15-18-11(6-25-15)13-20-19-12(24-13)7-1-2-7/h3-7,17H,1-2H2,(H,21,22). The Morgan fingerprint density at radius 2 is 2.24 bits per heavy atom. The Balaban J connectivity index is 1.48. The fourth-order valence-corrected chi connectivity index (χ4v) is 2.77. The Labute approximate surface area is 144 Å². The topological polar surface area (TPSA) is 110 Å². The smallest absolute Gasteiger partial charge is 0.409 e. The van der Waals surface area contributed by atoms with Crippen LogP contribution in [0.15, 0.2) is 28.0 Å². The lowest BCUT2D eigenvalue weighted by molar-refractivity contribution is 0.209. The summed E-state index contributed by atoms with van der Waals surface area (Å²) in [5.41, 5.74) is 0.335. The third-order valence-electron chi connectivity index (χ3n) is 3.46. The first-order valence-corrected chi connectivity index (χ1v) is 8.23. The normalized spacial score (nSPS) is 13.6. The number of anilines is 1. The fraction of sp³-hybridized carbons (Fsp3) is 0.200. The van der Waals surface area contributed by atoms with Crippen LogP contribution in [0.3, 0.4) is 0 Å². The Kier molecular flexibility index (Phi) is 3.80. The molecule has 0 saturated heterocycles. The molecule has 4 rings (SSSR count). The van der Waals surface area contributed by atoms with Crippen molar-refractivity contribution in [1.82, 2.24) is 15.2 Å². The molecule has 2 heterocycles. The predicted octanol–water partition coefficient (Wildman–Crippen LogP) is 4.09. The van der Waals surface area contributed by atoms with Crippen molar-refractivity contribution in [2.45, 2.75) is 18.8 Å². The molecular formula is C15H11FN4O4S. The summed E-state index contributed by atoms with van der Waals surface area (Å²) in [4.78, 5) is 14.8. The number of ether oxygens (including phenoxy) is 1. The van der Waals surface area contributed by atoms with Crippen molar-refractivity contribution in [1.29, 1.82) is 0 Å². The Morgan fingerprint density at radius 3 is 2.96 bits per heavy atom. The summed E-state index contributed by atoms with van der Waals surface area (Å²) in [6.07, 6.45) is 0.777. The monoisotopic (exact) mass is 362 g/mol. The average Bonchev–Trinajstić information content (AvgIpc) is 3.12. The zero-order valence-corrected chi connectivity index (χ0v) is 13.4. The molecule has 0 atom stereocenters. The van der Waals surface area contributed by atoms with Crippen LogP contribution in [0, 0.1) is 5.82 Å². The molecule has 1 aliphatic rings. The number of nitrogens with zero attached hydrogens (tertiary/aromatic N) is 3. The van der Waals surface area contributed by atoms with Crippen molar-refractivity contribution in [3.8, 4) is 22.5 Å². The van der Waals surface area contributed by atoms with Crippen LogP contribution in [0.2, 0.25) is 0 Å². The van der Waals surface area contributed by atoms with Crippen LogP contribution in [0.4, 0.5) is 14.9 Å². The van der Waals surface area contributed by atoms with Gasteiger partial charge in [-0.1, -0.05) is 11.3 Å². The Hall–Kier alpha value is -3.01. The lowest BCUT2D eigenvalue weighted by Gasteiger charge is -2.05. The molecule has 0 spiro atoms. The minimum Gasteiger partial charge on any atom is -0.465 e. The second kappa shape index (κ2) is 6.13. The maximum absolute atomic E-state index is 13.8. The molecular weight excluding hydrogens is 351 g/mol. The van der Waals surface area contributed by atoms with E-state index in [1.165, 1.54) is 23.5 Å². The van der Waals surface area contributed by atoms with Gasteiger partial charge in [-0.05, 0) is 25.0 Å². The molecule has 1 saturated carbocycles. The summed E-state index contributed by atoms with van der Waals surface area (Å²) in [6, 6.07) is 3.78. The molecule has 0 bridgehead atoms. The molecule has 0 aliphatic heterocycles. The summed E-state index contributed by atoms with van der Waals surface area (Å²) >= 11 is 1.20. The van der Waals surface area contributed by atoms with Gasteiger partial charge in [0.15, 0.2) is 5.82 Å². The quantitative estimate of drug-likeness (QED) is 0.703. The van der Waals surface area contributed by atoms with E-state index < -0.39 is 11.9 Å². The Morgan fingerprint density at radius 1 is 1.40 bits per heavy atom. The van der Waals surface area contributed by atoms with Gasteiger partial charge in [-0.25, -0.2) is 9.18 Å². The van der Waals surface area contributed by atoms with Gasteiger partial charge in [0.2, 0.25) is 5.89 Å². The number of rotatable bonds is 5. The highest BCUT2D eigenvalue weighted by molar-refractivity contribution is 7.11. The van der Waals surface area contributed by atoms with Crippen LogP contribution in [0.1, 0.15) is 24.7 Å². The van der Waals surface area contributed by atoms with Crippen molar-refractivity contribution in [3.63, 3.8) is 0 Å². The summed E-state index contributed by atoms with van der Waals surface area (Å²) in [6.45, 7) is 0. The van der Waals surface area contributed by atoms with E-state index in [4.69, 9.17) is 14.3 Å². The van der Waals surface area contributed by atoms with Gasteiger partial charge in [0.25, 0.3) is 11.1 Å². The maximum atomic E-state index is 13.8. The first kappa shape index (κ1) is 15.5. The molecule has 2 N–H and O–H groups in total. The fourth-order valence-electron chi connectivity index (χ4n) is 2.11. The second-order valence-electron chi connectivity index (χ2n) is 5.39. The van der Waals surface area contributed by atoms with Crippen molar-refractivity contribution in [3.05, 3.63) is 35.3 Å². The number of carboxylic acid groups (broad SMARTS) is 1. The third-order valence-corrected chi connectivity index (χ3v) is 4.17. The van der Waals surface area contributed by atoms with Crippen LogP contribution >= 0.6 is 11.3 Å². The van der Waals surface area contributed by atoms with Crippen LogP contribution in [0.25, 0.3) is 11.6 Å². The predicted molar refractivity (Wildman–Crippen MR) is 85.5 cm³/mol. The van der Waals surface area contributed by atoms with Gasteiger partial charge in [0, 0.05) is 17.4 Å². The molecule has 25 heavy (non-hydrogen) atoms. The lowest BCUT2D eigenvalue weighted by Crippen LogP contribution is -2.08.